The van der Waals surface area contributed by atoms with Crippen molar-refractivity contribution in [3.05, 3.63) is 41.5 Å². The van der Waals surface area contributed by atoms with Crippen molar-refractivity contribution < 1.29 is 14.6 Å². The third-order valence-electron chi connectivity index (χ3n) is 9.57. The van der Waals surface area contributed by atoms with Gasteiger partial charge in [0.1, 0.15) is 11.4 Å². The van der Waals surface area contributed by atoms with E-state index in [0.29, 0.717) is 41.8 Å². The van der Waals surface area contributed by atoms with Crippen molar-refractivity contribution >= 4 is 5.78 Å². The van der Waals surface area contributed by atoms with Gasteiger partial charge in [-0.1, -0.05) is 30.6 Å². The standard InChI is InChI=1S/C29H36O3/c1-4-15-29(31)16-5-6-26-24-13-9-20-17-21(30)10-14-23(20)27(24)25(18-28(26,29)2)19-7-11-22(32-3)12-8-19/h7-8,11-12,17,23-27,31H,5-6,9-10,13-14,16,18H2,1-3H3/t23-,24-,25+,26-,27+,28-,29?/m0/s1. The molecule has 1 aromatic carbocycles. The number of methoxy groups -OCH3 is 1. The van der Waals surface area contributed by atoms with Gasteiger partial charge < -0.3 is 9.84 Å². The van der Waals surface area contributed by atoms with E-state index in [1.165, 1.54) is 17.6 Å². The molecular formula is C29H36O3. The summed E-state index contributed by atoms with van der Waals surface area (Å²) in [5.41, 5.74) is 1.60. The fourth-order valence-electron chi connectivity index (χ4n) is 8.13. The molecule has 1 aromatic rings. The Kier molecular flexibility index (Phi) is 5.49. The van der Waals surface area contributed by atoms with Crippen LogP contribution in [0.5, 0.6) is 5.75 Å². The van der Waals surface area contributed by atoms with Crippen molar-refractivity contribution in [1.29, 1.82) is 0 Å². The molecule has 32 heavy (non-hydrogen) atoms. The average Bonchev–Trinajstić information content (AvgIpc) is 2.79. The van der Waals surface area contributed by atoms with Gasteiger partial charge in [0, 0.05) is 11.8 Å². The molecule has 0 spiro atoms. The molecule has 3 saturated carbocycles. The summed E-state index contributed by atoms with van der Waals surface area (Å²) in [6.45, 7) is 4.18. The Labute approximate surface area is 192 Å². The molecule has 3 heteroatoms. The van der Waals surface area contributed by atoms with Crippen LogP contribution in [0.2, 0.25) is 0 Å². The molecule has 0 amide bonds. The van der Waals surface area contributed by atoms with Gasteiger partial charge in [0.2, 0.25) is 0 Å². The summed E-state index contributed by atoms with van der Waals surface area (Å²) in [5.74, 6) is 9.97. The molecule has 1 N–H and O–H groups in total. The highest BCUT2D eigenvalue weighted by Crippen LogP contribution is 2.66. The first-order valence-corrected chi connectivity index (χ1v) is 12.4. The van der Waals surface area contributed by atoms with Crippen LogP contribution in [0, 0.1) is 40.9 Å². The number of fused-ring (bicyclic) bond motifs is 5. The van der Waals surface area contributed by atoms with Crippen molar-refractivity contribution in [2.24, 2.45) is 29.1 Å². The summed E-state index contributed by atoms with van der Waals surface area (Å²) in [6.07, 6.45) is 9.77. The van der Waals surface area contributed by atoms with Crippen LogP contribution in [0.1, 0.15) is 76.7 Å². The minimum atomic E-state index is -0.918. The van der Waals surface area contributed by atoms with Crippen LogP contribution in [-0.4, -0.2) is 23.6 Å². The van der Waals surface area contributed by atoms with Gasteiger partial charge in [-0.05, 0) is 105 Å². The van der Waals surface area contributed by atoms with Crippen molar-refractivity contribution in [3.63, 3.8) is 0 Å². The molecule has 1 unspecified atom stereocenters. The lowest BCUT2D eigenvalue weighted by molar-refractivity contribution is -0.161. The zero-order valence-electron chi connectivity index (χ0n) is 19.7. The number of hydrogen-bond acceptors (Lipinski definition) is 3. The van der Waals surface area contributed by atoms with E-state index in [9.17, 15) is 9.90 Å². The van der Waals surface area contributed by atoms with Gasteiger partial charge in [-0.15, -0.1) is 5.92 Å². The van der Waals surface area contributed by atoms with E-state index in [1.807, 2.05) is 13.0 Å². The van der Waals surface area contributed by atoms with Crippen LogP contribution in [0.3, 0.4) is 0 Å². The molecule has 0 bridgehead atoms. The maximum Gasteiger partial charge on any atom is 0.155 e. The molecule has 0 heterocycles. The summed E-state index contributed by atoms with van der Waals surface area (Å²) in [7, 11) is 1.71. The number of carbonyl (C=O) groups is 1. The van der Waals surface area contributed by atoms with Crippen LogP contribution >= 0.6 is 0 Å². The van der Waals surface area contributed by atoms with Crippen LogP contribution in [0.25, 0.3) is 0 Å². The Morgan fingerprint density at radius 2 is 1.88 bits per heavy atom. The molecule has 7 atom stereocenters. The molecule has 5 rings (SSSR count). The van der Waals surface area contributed by atoms with E-state index in [1.54, 1.807) is 7.11 Å². The van der Waals surface area contributed by atoms with Crippen LogP contribution < -0.4 is 4.74 Å². The number of hydrogen-bond donors (Lipinski definition) is 1. The maximum atomic E-state index is 12.2. The first-order valence-electron chi connectivity index (χ1n) is 12.4. The number of rotatable bonds is 2. The average molecular weight is 433 g/mol. The molecule has 0 radical (unpaired) electrons. The molecule has 3 fully saturated rings. The number of ether oxygens (including phenoxy) is 1. The predicted molar refractivity (Wildman–Crippen MR) is 126 cm³/mol. The smallest absolute Gasteiger partial charge is 0.155 e. The van der Waals surface area contributed by atoms with Crippen molar-refractivity contribution in [2.75, 3.05) is 7.11 Å². The molecule has 4 aliphatic rings. The van der Waals surface area contributed by atoms with Gasteiger partial charge in [-0.25, -0.2) is 0 Å². The normalized spacial score (nSPS) is 40.7. The fraction of sp³-hybridized carbons (Fsp3) is 0.621. The second kappa shape index (κ2) is 8.07. The van der Waals surface area contributed by atoms with Gasteiger partial charge in [-0.3, -0.25) is 4.79 Å². The summed E-state index contributed by atoms with van der Waals surface area (Å²) in [4.78, 5) is 12.2. The zero-order valence-corrected chi connectivity index (χ0v) is 19.7. The lowest BCUT2D eigenvalue weighted by atomic mass is 9.42. The largest absolute Gasteiger partial charge is 0.497 e. The Bertz CT molecular complexity index is 980. The molecule has 170 valence electrons. The van der Waals surface area contributed by atoms with E-state index in [4.69, 9.17) is 4.74 Å². The number of ketones is 1. The summed E-state index contributed by atoms with van der Waals surface area (Å²) >= 11 is 0. The van der Waals surface area contributed by atoms with Crippen LogP contribution in [0.15, 0.2) is 35.9 Å². The van der Waals surface area contributed by atoms with Crippen molar-refractivity contribution in [2.45, 2.75) is 76.7 Å². The van der Waals surface area contributed by atoms with E-state index < -0.39 is 5.60 Å². The maximum absolute atomic E-state index is 12.2. The number of benzene rings is 1. The Hall–Kier alpha value is -2.05. The Balaban J connectivity index is 1.62. The minimum absolute atomic E-state index is 0.217. The first-order chi connectivity index (χ1) is 15.4. The summed E-state index contributed by atoms with van der Waals surface area (Å²) < 4.78 is 5.43. The highest BCUT2D eigenvalue weighted by molar-refractivity contribution is 5.91. The van der Waals surface area contributed by atoms with Crippen LogP contribution in [0.4, 0.5) is 0 Å². The number of allylic oxidation sites excluding steroid dienone is 2. The first kappa shape index (κ1) is 21.8. The van der Waals surface area contributed by atoms with Crippen molar-refractivity contribution in [3.8, 4) is 17.6 Å². The van der Waals surface area contributed by atoms with E-state index in [-0.39, 0.29) is 5.41 Å². The molecule has 4 aliphatic carbocycles. The SMILES string of the molecule is CC#CC1(O)CCC[C@H]2[C@@H]3CCC4=CC(=O)CC[C@@H]4[C@H]3[C@@H](c3ccc(OC)cc3)C[C@@]21C. The van der Waals surface area contributed by atoms with Crippen LogP contribution in [-0.2, 0) is 4.79 Å². The van der Waals surface area contributed by atoms with Gasteiger partial charge in [0.15, 0.2) is 5.78 Å². The van der Waals surface area contributed by atoms with Crippen molar-refractivity contribution in [1.82, 2.24) is 0 Å². The molecule has 0 aliphatic heterocycles. The van der Waals surface area contributed by atoms with E-state index in [2.05, 4.69) is 43.0 Å². The topological polar surface area (TPSA) is 46.5 Å². The molecule has 0 saturated heterocycles. The highest BCUT2D eigenvalue weighted by atomic mass is 16.5. The third-order valence-corrected chi connectivity index (χ3v) is 9.57. The summed E-state index contributed by atoms with van der Waals surface area (Å²) in [6, 6.07) is 8.59. The predicted octanol–water partition coefficient (Wildman–Crippen LogP) is 5.68. The molecular weight excluding hydrogens is 396 g/mol. The molecule has 0 aromatic heterocycles. The van der Waals surface area contributed by atoms with E-state index in [0.717, 1.165) is 44.3 Å². The van der Waals surface area contributed by atoms with Gasteiger partial charge >= 0.3 is 0 Å². The van der Waals surface area contributed by atoms with E-state index >= 15 is 0 Å². The second-order valence-electron chi connectivity index (χ2n) is 10.8. The molecule has 3 nitrogen and oxygen atoms in total. The quantitative estimate of drug-likeness (QED) is 0.612. The Morgan fingerprint density at radius 1 is 1.09 bits per heavy atom. The number of carbonyl (C=O) groups excluding carboxylic acids is 1. The highest BCUT2D eigenvalue weighted by Gasteiger charge is 2.62. The fourth-order valence-corrected chi connectivity index (χ4v) is 8.13. The monoisotopic (exact) mass is 432 g/mol. The van der Waals surface area contributed by atoms with Gasteiger partial charge in [0.05, 0.1) is 7.11 Å². The minimum Gasteiger partial charge on any atom is -0.497 e. The Morgan fingerprint density at radius 3 is 2.59 bits per heavy atom. The number of aliphatic hydroxyl groups is 1. The van der Waals surface area contributed by atoms with Gasteiger partial charge in [0.25, 0.3) is 0 Å². The second-order valence-corrected chi connectivity index (χ2v) is 10.8. The third kappa shape index (κ3) is 3.26. The lowest BCUT2D eigenvalue weighted by Gasteiger charge is -2.63. The summed E-state index contributed by atoms with van der Waals surface area (Å²) in [5, 5.41) is 11.9. The van der Waals surface area contributed by atoms with Gasteiger partial charge in [-0.2, -0.15) is 0 Å². The zero-order chi connectivity index (χ0) is 22.5. The lowest BCUT2D eigenvalue weighted by Crippen LogP contribution is -2.61.